The number of unbranched alkanes of at least 4 members (excludes halogenated alkanes) is 3. The second-order valence-corrected chi connectivity index (χ2v) is 9.96. The standard InChI is InChI=1S/C24H29N3O6S/c1-17(20-8-4-6-13-25-20)18-9-11-19(12-10-18)23(29)26-14-5-2-3-7-15-27-22(28)16-21(24(27)30)34(31,32)33/h4,6,8-13,17,21H,2-3,5,7,14-16H2,1H3,(H,26,29)(H,31,32,33). The van der Waals surface area contributed by atoms with Crippen molar-refractivity contribution in [2.24, 2.45) is 0 Å². The molecule has 2 N–H and O–H groups in total. The Kier molecular flexibility index (Phi) is 8.51. The Morgan fingerprint density at radius 3 is 2.44 bits per heavy atom. The second kappa shape index (κ2) is 11.3. The zero-order chi connectivity index (χ0) is 24.7. The van der Waals surface area contributed by atoms with Crippen molar-refractivity contribution in [3.63, 3.8) is 0 Å². The summed E-state index contributed by atoms with van der Waals surface area (Å²) in [6.45, 7) is 2.69. The van der Waals surface area contributed by atoms with E-state index in [1.54, 1.807) is 18.3 Å². The minimum Gasteiger partial charge on any atom is -0.352 e. The molecule has 34 heavy (non-hydrogen) atoms. The highest BCUT2D eigenvalue weighted by Gasteiger charge is 2.45. The SMILES string of the molecule is CC(c1ccc(C(=O)NCCCCCCN2C(=O)CC(S(=O)(=O)O)C2=O)cc1)c1ccccn1. The molecule has 0 saturated carbocycles. The fourth-order valence-corrected chi connectivity index (χ4v) is 4.63. The molecule has 2 heterocycles. The average molecular weight is 488 g/mol. The maximum atomic E-state index is 12.4. The molecule has 1 aliphatic heterocycles. The number of hydrogen-bond donors (Lipinski definition) is 2. The fourth-order valence-electron chi connectivity index (χ4n) is 3.90. The highest BCUT2D eigenvalue weighted by atomic mass is 32.2. The number of likely N-dealkylation sites (tertiary alicyclic amines) is 1. The monoisotopic (exact) mass is 487 g/mol. The van der Waals surface area contributed by atoms with Gasteiger partial charge in [-0.2, -0.15) is 8.42 Å². The summed E-state index contributed by atoms with van der Waals surface area (Å²) in [5.41, 5.74) is 2.63. The number of pyridine rings is 1. The molecule has 1 fully saturated rings. The highest BCUT2D eigenvalue weighted by Crippen LogP contribution is 2.22. The van der Waals surface area contributed by atoms with Gasteiger partial charge in [0.1, 0.15) is 0 Å². The van der Waals surface area contributed by atoms with Gasteiger partial charge >= 0.3 is 0 Å². The van der Waals surface area contributed by atoms with Crippen LogP contribution in [0.3, 0.4) is 0 Å². The first-order valence-electron chi connectivity index (χ1n) is 11.3. The van der Waals surface area contributed by atoms with Crippen molar-refractivity contribution in [2.45, 2.75) is 50.2 Å². The van der Waals surface area contributed by atoms with Gasteiger partial charge in [-0.1, -0.05) is 38.0 Å². The molecule has 2 unspecified atom stereocenters. The van der Waals surface area contributed by atoms with Crippen molar-refractivity contribution in [3.8, 4) is 0 Å². The Hall–Kier alpha value is -3.11. The second-order valence-electron chi connectivity index (χ2n) is 8.36. The van der Waals surface area contributed by atoms with E-state index in [-0.39, 0.29) is 18.4 Å². The van der Waals surface area contributed by atoms with Gasteiger partial charge in [0.15, 0.2) is 5.25 Å². The lowest BCUT2D eigenvalue weighted by Gasteiger charge is -2.14. The zero-order valence-electron chi connectivity index (χ0n) is 19.0. The lowest BCUT2D eigenvalue weighted by Crippen LogP contribution is -2.35. The average Bonchev–Trinajstić information content (AvgIpc) is 3.12. The number of rotatable bonds is 11. The molecule has 9 nitrogen and oxygen atoms in total. The first kappa shape index (κ1) is 25.5. The molecule has 2 atom stereocenters. The van der Waals surface area contributed by atoms with Crippen molar-refractivity contribution in [2.75, 3.05) is 13.1 Å². The minimum absolute atomic E-state index is 0.124. The Morgan fingerprint density at radius 2 is 1.82 bits per heavy atom. The smallest absolute Gasteiger partial charge is 0.277 e. The first-order chi connectivity index (χ1) is 16.2. The van der Waals surface area contributed by atoms with Crippen LogP contribution >= 0.6 is 0 Å². The van der Waals surface area contributed by atoms with E-state index in [4.69, 9.17) is 4.55 Å². The summed E-state index contributed by atoms with van der Waals surface area (Å²) in [6, 6.07) is 13.3. The number of nitrogens with zero attached hydrogens (tertiary/aromatic N) is 2. The van der Waals surface area contributed by atoms with E-state index < -0.39 is 33.6 Å². The third kappa shape index (κ3) is 6.48. The van der Waals surface area contributed by atoms with E-state index in [9.17, 15) is 22.8 Å². The molecule has 3 rings (SSSR count). The maximum absolute atomic E-state index is 12.4. The topological polar surface area (TPSA) is 134 Å². The summed E-state index contributed by atoms with van der Waals surface area (Å²) in [4.78, 5) is 41.5. The summed E-state index contributed by atoms with van der Waals surface area (Å²) < 4.78 is 31.4. The highest BCUT2D eigenvalue weighted by molar-refractivity contribution is 7.87. The molecule has 2 aromatic rings. The van der Waals surface area contributed by atoms with Crippen LogP contribution in [0.2, 0.25) is 0 Å². The summed E-state index contributed by atoms with van der Waals surface area (Å²) in [5.74, 6) is -1.47. The Labute approximate surface area is 199 Å². The number of amides is 3. The van der Waals surface area contributed by atoms with E-state index in [1.165, 1.54) is 0 Å². The minimum atomic E-state index is -4.57. The van der Waals surface area contributed by atoms with E-state index >= 15 is 0 Å². The van der Waals surface area contributed by atoms with Crippen LogP contribution in [0, 0.1) is 0 Å². The lowest BCUT2D eigenvalue weighted by atomic mass is 9.96. The molecular weight excluding hydrogens is 458 g/mol. The molecule has 182 valence electrons. The van der Waals surface area contributed by atoms with Crippen molar-refractivity contribution in [1.82, 2.24) is 15.2 Å². The third-order valence-electron chi connectivity index (χ3n) is 5.96. The number of nitrogens with one attached hydrogen (secondary N) is 1. The Balaban J connectivity index is 1.34. The number of carbonyl (C=O) groups excluding carboxylic acids is 3. The molecule has 3 amide bonds. The van der Waals surface area contributed by atoms with Gasteiger partial charge in [-0.05, 0) is 42.7 Å². The third-order valence-corrected chi connectivity index (χ3v) is 7.05. The van der Waals surface area contributed by atoms with Gasteiger partial charge in [-0.15, -0.1) is 0 Å². The normalized spacial score (nSPS) is 17.1. The first-order valence-corrected chi connectivity index (χ1v) is 12.8. The van der Waals surface area contributed by atoms with Crippen LogP contribution in [0.1, 0.15) is 66.6 Å². The summed E-state index contributed by atoms with van der Waals surface area (Å²) in [7, 11) is -4.57. The summed E-state index contributed by atoms with van der Waals surface area (Å²) in [5, 5.41) is 1.21. The predicted octanol–water partition coefficient (Wildman–Crippen LogP) is 2.54. The summed E-state index contributed by atoms with van der Waals surface area (Å²) >= 11 is 0. The van der Waals surface area contributed by atoms with Crippen LogP contribution in [0.15, 0.2) is 48.7 Å². The van der Waals surface area contributed by atoms with E-state index in [1.807, 2.05) is 30.3 Å². The maximum Gasteiger partial charge on any atom is 0.277 e. The quantitative estimate of drug-likeness (QED) is 0.283. The number of benzene rings is 1. The molecule has 1 aromatic carbocycles. The number of carbonyl (C=O) groups is 3. The zero-order valence-corrected chi connectivity index (χ0v) is 19.8. The van der Waals surface area contributed by atoms with Gasteiger partial charge < -0.3 is 5.32 Å². The molecular formula is C24H29N3O6S. The van der Waals surface area contributed by atoms with Gasteiger partial charge in [-0.3, -0.25) is 28.8 Å². The largest absolute Gasteiger partial charge is 0.352 e. The molecule has 0 spiro atoms. The molecule has 1 aromatic heterocycles. The summed E-state index contributed by atoms with van der Waals surface area (Å²) in [6.07, 6.45) is 4.00. The molecule has 0 aliphatic carbocycles. The molecule has 10 heteroatoms. The van der Waals surface area contributed by atoms with Gasteiger partial charge in [0.05, 0.1) is 6.42 Å². The molecule has 1 saturated heterocycles. The van der Waals surface area contributed by atoms with E-state index in [0.29, 0.717) is 24.9 Å². The fraction of sp³-hybridized carbons (Fsp3) is 0.417. The van der Waals surface area contributed by atoms with E-state index in [0.717, 1.165) is 29.0 Å². The van der Waals surface area contributed by atoms with Crippen LogP contribution in [-0.4, -0.2) is 58.9 Å². The number of hydrogen-bond acceptors (Lipinski definition) is 6. The van der Waals surface area contributed by atoms with Crippen molar-refractivity contribution >= 4 is 27.8 Å². The lowest BCUT2D eigenvalue weighted by molar-refractivity contribution is -0.138. The van der Waals surface area contributed by atoms with Crippen molar-refractivity contribution in [3.05, 3.63) is 65.5 Å². The number of imide groups is 1. The van der Waals surface area contributed by atoms with Crippen LogP contribution in [0.25, 0.3) is 0 Å². The van der Waals surface area contributed by atoms with Crippen LogP contribution in [-0.2, 0) is 19.7 Å². The van der Waals surface area contributed by atoms with E-state index in [2.05, 4.69) is 17.2 Å². The Morgan fingerprint density at radius 1 is 1.12 bits per heavy atom. The van der Waals surface area contributed by atoms with Crippen LogP contribution in [0.5, 0.6) is 0 Å². The van der Waals surface area contributed by atoms with Gasteiger partial charge in [0, 0.05) is 36.5 Å². The molecule has 0 bridgehead atoms. The van der Waals surface area contributed by atoms with Crippen molar-refractivity contribution in [1.29, 1.82) is 0 Å². The van der Waals surface area contributed by atoms with Crippen LogP contribution in [0.4, 0.5) is 0 Å². The Bertz CT molecular complexity index is 1120. The van der Waals surface area contributed by atoms with Gasteiger partial charge in [0.25, 0.3) is 21.9 Å². The number of aromatic nitrogens is 1. The molecule has 0 radical (unpaired) electrons. The van der Waals surface area contributed by atoms with Gasteiger partial charge in [-0.25, -0.2) is 0 Å². The van der Waals surface area contributed by atoms with Crippen molar-refractivity contribution < 1.29 is 27.4 Å². The predicted molar refractivity (Wildman–Crippen MR) is 126 cm³/mol. The van der Waals surface area contributed by atoms with Crippen LogP contribution < -0.4 is 5.32 Å². The molecule has 1 aliphatic rings. The van der Waals surface area contributed by atoms with Gasteiger partial charge in [0.2, 0.25) is 5.91 Å².